The van der Waals surface area contributed by atoms with E-state index in [2.05, 4.69) is 5.32 Å². The monoisotopic (exact) mass is 212 g/mol. The third-order valence-corrected chi connectivity index (χ3v) is 2.95. The van der Waals surface area contributed by atoms with Crippen LogP contribution in [0, 0.1) is 0 Å². The van der Waals surface area contributed by atoms with Crippen LogP contribution in [0.2, 0.25) is 0 Å². The minimum Gasteiger partial charge on any atom is -0.378 e. The second-order valence-corrected chi connectivity index (χ2v) is 4.24. The Labute approximate surface area is 88.8 Å². The Balaban J connectivity index is 1.96. The van der Waals surface area contributed by atoms with Gasteiger partial charge in [0.1, 0.15) is 0 Å². The smallest absolute Gasteiger partial charge is 0.240 e. The van der Waals surface area contributed by atoms with Crippen LogP contribution in [0.3, 0.4) is 0 Å². The molecule has 84 valence electrons. The van der Waals surface area contributed by atoms with Gasteiger partial charge in [0.05, 0.1) is 19.2 Å². The molecule has 2 saturated heterocycles. The minimum absolute atomic E-state index is 0.189. The molecule has 2 atom stereocenters. The molecule has 5 nitrogen and oxygen atoms in total. The molecule has 2 aliphatic heterocycles. The number of carbonyl (C=O) groups excluding carboxylic acids is 2. The van der Waals surface area contributed by atoms with Crippen molar-refractivity contribution in [1.82, 2.24) is 10.2 Å². The van der Waals surface area contributed by atoms with Gasteiger partial charge in [-0.15, -0.1) is 0 Å². The zero-order valence-corrected chi connectivity index (χ0v) is 8.86. The predicted octanol–water partition coefficient (Wildman–Crippen LogP) is -0.488. The molecular formula is C10H16N2O3. The molecule has 0 aliphatic carbocycles. The molecule has 0 saturated carbocycles. The van der Waals surface area contributed by atoms with Crippen molar-refractivity contribution < 1.29 is 14.3 Å². The van der Waals surface area contributed by atoms with E-state index in [-0.39, 0.29) is 17.9 Å². The number of hydrogen-bond acceptors (Lipinski definition) is 4. The minimum atomic E-state index is -0.189. The second-order valence-electron chi connectivity index (χ2n) is 4.24. The lowest BCUT2D eigenvalue weighted by atomic mass is 10.0. The number of piperazine rings is 1. The number of carbonyl (C=O) groups is 2. The highest BCUT2D eigenvalue weighted by Gasteiger charge is 2.31. The van der Waals surface area contributed by atoms with Crippen molar-refractivity contribution in [2.45, 2.75) is 31.9 Å². The lowest BCUT2D eigenvalue weighted by Gasteiger charge is -2.37. The number of imide groups is 1. The van der Waals surface area contributed by atoms with E-state index in [1.54, 1.807) is 0 Å². The summed E-state index contributed by atoms with van der Waals surface area (Å²) >= 11 is 0. The molecule has 0 aromatic heterocycles. The fourth-order valence-corrected chi connectivity index (χ4v) is 2.22. The summed E-state index contributed by atoms with van der Waals surface area (Å²) < 4.78 is 5.44. The van der Waals surface area contributed by atoms with E-state index in [0.29, 0.717) is 19.1 Å². The molecule has 15 heavy (non-hydrogen) atoms. The summed E-state index contributed by atoms with van der Waals surface area (Å²) in [5.41, 5.74) is 0. The molecule has 2 aliphatic rings. The fourth-order valence-electron chi connectivity index (χ4n) is 2.22. The molecule has 0 spiro atoms. The Bertz CT molecular complexity index is 264. The van der Waals surface area contributed by atoms with Gasteiger partial charge in [-0.1, -0.05) is 0 Å². The Kier molecular flexibility index (Phi) is 3.02. The molecule has 0 radical (unpaired) electrons. The van der Waals surface area contributed by atoms with Crippen LogP contribution in [0.25, 0.3) is 0 Å². The maximum absolute atomic E-state index is 11.2. The number of nitrogens with zero attached hydrogens (tertiary/aromatic N) is 1. The van der Waals surface area contributed by atoms with Crippen molar-refractivity contribution in [2.75, 3.05) is 19.7 Å². The van der Waals surface area contributed by atoms with E-state index in [0.717, 1.165) is 19.4 Å². The van der Waals surface area contributed by atoms with E-state index >= 15 is 0 Å². The fraction of sp³-hybridized carbons (Fsp3) is 0.800. The lowest BCUT2D eigenvalue weighted by molar-refractivity contribution is -0.138. The van der Waals surface area contributed by atoms with Gasteiger partial charge in [-0.2, -0.15) is 0 Å². The normalized spacial score (nSPS) is 33.9. The zero-order valence-electron chi connectivity index (χ0n) is 8.86. The molecular weight excluding hydrogens is 196 g/mol. The highest BCUT2D eigenvalue weighted by Crippen LogP contribution is 2.19. The summed E-state index contributed by atoms with van der Waals surface area (Å²) in [6, 6.07) is 0.309. The largest absolute Gasteiger partial charge is 0.378 e. The summed E-state index contributed by atoms with van der Waals surface area (Å²) in [5, 5.41) is 2.31. The maximum atomic E-state index is 11.2. The van der Waals surface area contributed by atoms with Crippen LogP contribution in [0.4, 0.5) is 0 Å². The molecule has 0 bridgehead atoms. The van der Waals surface area contributed by atoms with Gasteiger partial charge in [-0.05, 0) is 19.8 Å². The first-order valence-electron chi connectivity index (χ1n) is 5.33. The summed E-state index contributed by atoms with van der Waals surface area (Å²) in [6.45, 7) is 3.42. The molecule has 2 fully saturated rings. The third-order valence-electron chi connectivity index (χ3n) is 2.95. The number of rotatable bonds is 1. The van der Waals surface area contributed by atoms with E-state index in [4.69, 9.17) is 4.74 Å². The van der Waals surface area contributed by atoms with Crippen LogP contribution in [-0.4, -0.2) is 48.6 Å². The molecule has 0 aromatic rings. The van der Waals surface area contributed by atoms with Crippen LogP contribution in [0.1, 0.15) is 19.8 Å². The SMILES string of the molecule is CC1CC(N2CC(=O)NC(=O)C2)CCO1. The van der Waals surface area contributed by atoms with Gasteiger partial charge in [0.25, 0.3) is 0 Å². The molecule has 1 N–H and O–H groups in total. The Morgan fingerprint density at radius 2 is 2.00 bits per heavy atom. The third kappa shape index (κ3) is 2.54. The van der Waals surface area contributed by atoms with Crippen molar-refractivity contribution in [3.63, 3.8) is 0 Å². The van der Waals surface area contributed by atoms with Crippen molar-refractivity contribution in [3.05, 3.63) is 0 Å². The summed E-state index contributed by atoms with van der Waals surface area (Å²) in [5.74, 6) is -0.379. The Hall–Kier alpha value is -0.940. The van der Waals surface area contributed by atoms with Crippen LogP contribution in [-0.2, 0) is 14.3 Å². The Morgan fingerprint density at radius 1 is 1.33 bits per heavy atom. The second kappa shape index (κ2) is 4.28. The molecule has 2 unspecified atom stereocenters. The summed E-state index contributed by atoms with van der Waals surface area (Å²) in [4.78, 5) is 24.4. The summed E-state index contributed by atoms with van der Waals surface area (Å²) in [7, 11) is 0. The van der Waals surface area contributed by atoms with Crippen molar-refractivity contribution in [2.24, 2.45) is 0 Å². The van der Waals surface area contributed by atoms with Gasteiger partial charge in [0, 0.05) is 12.6 Å². The van der Waals surface area contributed by atoms with Crippen LogP contribution >= 0.6 is 0 Å². The molecule has 2 amide bonds. The Morgan fingerprint density at radius 3 is 2.60 bits per heavy atom. The van der Waals surface area contributed by atoms with Gasteiger partial charge in [-0.3, -0.25) is 19.8 Å². The zero-order chi connectivity index (χ0) is 10.8. The quantitative estimate of drug-likeness (QED) is 0.596. The van der Waals surface area contributed by atoms with Crippen LogP contribution < -0.4 is 5.32 Å². The van der Waals surface area contributed by atoms with Gasteiger partial charge < -0.3 is 4.74 Å². The number of nitrogens with one attached hydrogen (secondary N) is 1. The van der Waals surface area contributed by atoms with Gasteiger partial charge in [-0.25, -0.2) is 0 Å². The molecule has 2 rings (SSSR count). The van der Waals surface area contributed by atoms with Crippen molar-refractivity contribution >= 4 is 11.8 Å². The van der Waals surface area contributed by atoms with Gasteiger partial charge >= 0.3 is 0 Å². The summed E-state index contributed by atoms with van der Waals surface area (Å²) in [6.07, 6.45) is 2.04. The van der Waals surface area contributed by atoms with E-state index < -0.39 is 0 Å². The topological polar surface area (TPSA) is 58.6 Å². The average molecular weight is 212 g/mol. The number of ether oxygens (including phenoxy) is 1. The van der Waals surface area contributed by atoms with E-state index in [1.165, 1.54) is 0 Å². The maximum Gasteiger partial charge on any atom is 0.240 e. The first kappa shape index (κ1) is 10.6. The standard InChI is InChI=1S/C10H16N2O3/c1-7-4-8(2-3-15-7)12-5-9(13)11-10(14)6-12/h7-8H,2-6H2,1H3,(H,11,13,14). The highest BCUT2D eigenvalue weighted by atomic mass is 16.5. The first-order valence-corrected chi connectivity index (χ1v) is 5.33. The predicted molar refractivity (Wildman–Crippen MR) is 53.2 cm³/mol. The lowest BCUT2D eigenvalue weighted by Crippen LogP contribution is -2.56. The molecule has 5 heteroatoms. The van der Waals surface area contributed by atoms with Gasteiger partial charge in [0.15, 0.2) is 0 Å². The number of amides is 2. The van der Waals surface area contributed by atoms with E-state index in [1.807, 2.05) is 11.8 Å². The number of hydrogen-bond donors (Lipinski definition) is 1. The van der Waals surface area contributed by atoms with Crippen LogP contribution in [0.15, 0.2) is 0 Å². The average Bonchev–Trinajstić information content (AvgIpc) is 2.16. The van der Waals surface area contributed by atoms with Crippen LogP contribution in [0.5, 0.6) is 0 Å². The van der Waals surface area contributed by atoms with E-state index in [9.17, 15) is 9.59 Å². The van der Waals surface area contributed by atoms with Crippen molar-refractivity contribution in [3.8, 4) is 0 Å². The highest BCUT2D eigenvalue weighted by molar-refractivity contribution is 5.99. The molecule has 0 aromatic carbocycles. The van der Waals surface area contributed by atoms with Crippen molar-refractivity contribution in [1.29, 1.82) is 0 Å². The first-order chi connectivity index (χ1) is 7.15. The molecule has 2 heterocycles. The van der Waals surface area contributed by atoms with Gasteiger partial charge in [0.2, 0.25) is 11.8 Å².